The zero-order chi connectivity index (χ0) is 27.6. The highest BCUT2D eigenvalue weighted by Gasteiger charge is 2.51. The van der Waals surface area contributed by atoms with E-state index in [9.17, 15) is 23.9 Å². The number of hydrogen-bond acceptors (Lipinski definition) is 5. The van der Waals surface area contributed by atoms with Crippen LogP contribution in [0.15, 0.2) is 40.8 Å². The fourth-order valence-corrected chi connectivity index (χ4v) is 5.28. The molecule has 200 valence electrons. The average molecular weight is 522 g/mol. The van der Waals surface area contributed by atoms with E-state index < -0.39 is 23.3 Å². The zero-order valence-electron chi connectivity index (χ0n) is 22.2. The van der Waals surface area contributed by atoms with Crippen molar-refractivity contribution in [2.75, 3.05) is 19.6 Å². The molecule has 2 atom stereocenters. The van der Waals surface area contributed by atoms with Crippen LogP contribution in [-0.4, -0.2) is 62.8 Å². The number of carboxylic acid groups (broad SMARTS) is 1. The first-order chi connectivity index (χ1) is 17.8. The average Bonchev–Trinajstić information content (AvgIpc) is 3.53. The summed E-state index contributed by atoms with van der Waals surface area (Å²) in [5.41, 5.74) is 2.39. The van der Waals surface area contributed by atoms with E-state index in [0.29, 0.717) is 42.8 Å². The Morgan fingerprint density at radius 1 is 1.08 bits per heavy atom. The number of amides is 2. The third-order valence-electron chi connectivity index (χ3n) is 7.52. The van der Waals surface area contributed by atoms with Crippen molar-refractivity contribution in [2.24, 2.45) is 11.8 Å². The van der Waals surface area contributed by atoms with Crippen molar-refractivity contribution in [3.63, 3.8) is 0 Å². The van der Waals surface area contributed by atoms with E-state index in [1.165, 1.54) is 12.1 Å². The topological polar surface area (TPSA) is 104 Å². The summed E-state index contributed by atoms with van der Waals surface area (Å²) in [5.74, 6) is -2.64. The number of piperazine rings is 1. The molecule has 1 saturated heterocycles. The molecule has 0 bridgehead atoms. The zero-order valence-corrected chi connectivity index (χ0v) is 22.2. The summed E-state index contributed by atoms with van der Waals surface area (Å²) in [6.45, 7) is 10.9. The number of furan rings is 1. The van der Waals surface area contributed by atoms with E-state index in [1.807, 2.05) is 40.7 Å². The number of rotatable bonds is 4. The van der Waals surface area contributed by atoms with Gasteiger partial charge in [0.25, 0.3) is 5.91 Å². The van der Waals surface area contributed by atoms with Crippen molar-refractivity contribution < 1.29 is 28.3 Å². The predicted molar refractivity (Wildman–Crippen MR) is 139 cm³/mol. The number of carbonyl (C=O) groups excluding carboxylic acids is 2. The molecule has 2 fully saturated rings. The molecule has 0 radical (unpaired) electrons. The number of aliphatic carboxylic acids is 1. The van der Waals surface area contributed by atoms with Gasteiger partial charge in [0, 0.05) is 36.8 Å². The number of pyridine rings is 1. The number of benzene rings is 1. The van der Waals surface area contributed by atoms with Crippen molar-refractivity contribution in [2.45, 2.75) is 52.0 Å². The lowest BCUT2D eigenvalue weighted by molar-refractivity contribution is -0.143. The van der Waals surface area contributed by atoms with Crippen LogP contribution in [0.2, 0.25) is 0 Å². The molecule has 1 aromatic carbocycles. The quantitative estimate of drug-likeness (QED) is 0.533. The number of nitrogens with zero attached hydrogens (tertiary/aromatic N) is 3. The minimum atomic E-state index is -0.938. The molecule has 0 unspecified atom stereocenters. The highest BCUT2D eigenvalue weighted by molar-refractivity contribution is 5.97. The van der Waals surface area contributed by atoms with E-state index in [1.54, 1.807) is 28.0 Å². The van der Waals surface area contributed by atoms with E-state index in [0.717, 1.165) is 11.1 Å². The third kappa shape index (κ3) is 4.66. The minimum absolute atomic E-state index is 0.159. The van der Waals surface area contributed by atoms with Gasteiger partial charge >= 0.3 is 5.97 Å². The van der Waals surface area contributed by atoms with E-state index in [2.05, 4.69) is 0 Å². The molecule has 38 heavy (non-hydrogen) atoms. The monoisotopic (exact) mass is 521 g/mol. The fourth-order valence-electron chi connectivity index (χ4n) is 5.28. The van der Waals surface area contributed by atoms with Crippen LogP contribution < -0.4 is 0 Å². The largest absolute Gasteiger partial charge is 0.481 e. The maximum absolute atomic E-state index is 13.7. The van der Waals surface area contributed by atoms with Gasteiger partial charge in [-0.3, -0.25) is 14.4 Å². The molecule has 2 aliphatic rings. The first-order valence-electron chi connectivity index (χ1n) is 12.8. The fraction of sp³-hybridized carbons (Fsp3) is 0.448. The van der Waals surface area contributed by atoms with Crippen LogP contribution in [-0.2, 0) is 15.0 Å². The van der Waals surface area contributed by atoms with Crippen LogP contribution in [0.4, 0.5) is 4.39 Å². The lowest BCUT2D eigenvalue weighted by atomic mass is 9.86. The summed E-state index contributed by atoms with van der Waals surface area (Å²) < 4.78 is 19.6. The Morgan fingerprint density at radius 3 is 2.34 bits per heavy atom. The maximum Gasteiger partial charge on any atom is 0.307 e. The Morgan fingerprint density at radius 2 is 1.76 bits per heavy atom. The second-order valence-corrected chi connectivity index (χ2v) is 12.0. The molecule has 2 amide bonds. The van der Waals surface area contributed by atoms with Crippen molar-refractivity contribution >= 4 is 28.9 Å². The first-order valence-corrected chi connectivity index (χ1v) is 12.8. The summed E-state index contributed by atoms with van der Waals surface area (Å²) in [5, 5.41) is 9.18. The van der Waals surface area contributed by atoms with Crippen LogP contribution in [0.3, 0.4) is 0 Å². The molecular weight excluding hydrogens is 489 g/mol. The molecule has 0 spiro atoms. The highest BCUT2D eigenvalue weighted by Crippen LogP contribution is 2.41. The Balaban J connectivity index is 1.43. The highest BCUT2D eigenvalue weighted by atomic mass is 19.1. The van der Waals surface area contributed by atoms with Crippen LogP contribution >= 0.6 is 0 Å². The van der Waals surface area contributed by atoms with Gasteiger partial charge < -0.3 is 19.3 Å². The molecule has 5 rings (SSSR count). The van der Waals surface area contributed by atoms with Crippen LogP contribution in [0, 0.1) is 17.7 Å². The number of hydrogen-bond donors (Lipinski definition) is 1. The number of halogens is 1. The van der Waals surface area contributed by atoms with Crippen molar-refractivity contribution in [3.05, 3.63) is 53.5 Å². The van der Waals surface area contributed by atoms with Crippen molar-refractivity contribution in [3.8, 4) is 11.3 Å². The lowest BCUT2D eigenvalue weighted by Gasteiger charge is -2.46. The SMILES string of the molecule is CC(C)(C)c1cc(-c2ccc(F)cc2)nc2cc(C(=O)N3CCN(C(=O)[C@H]4C[C@@H]4C(=O)O)CC3(C)C)oc12. The van der Waals surface area contributed by atoms with Crippen molar-refractivity contribution in [1.82, 2.24) is 14.8 Å². The van der Waals surface area contributed by atoms with Crippen LogP contribution in [0.5, 0.6) is 0 Å². The Labute approximate surface area is 220 Å². The summed E-state index contributed by atoms with van der Waals surface area (Å²) in [6, 6.07) is 9.69. The van der Waals surface area contributed by atoms with Gasteiger partial charge in [0.05, 0.1) is 23.1 Å². The minimum Gasteiger partial charge on any atom is -0.481 e. The first kappa shape index (κ1) is 25.9. The Hall–Kier alpha value is -3.75. The molecule has 1 aliphatic heterocycles. The number of carbonyl (C=O) groups is 3. The van der Waals surface area contributed by atoms with Gasteiger partial charge in [-0.05, 0) is 56.0 Å². The number of fused-ring (bicyclic) bond motifs is 1. The normalized spacial score (nSPS) is 21.0. The Bertz CT molecular complexity index is 1440. The molecule has 3 heterocycles. The van der Waals surface area contributed by atoms with Gasteiger partial charge in [-0.15, -0.1) is 0 Å². The van der Waals surface area contributed by atoms with Crippen LogP contribution in [0.1, 0.15) is 57.2 Å². The van der Waals surface area contributed by atoms with Gasteiger partial charge in [-0.25, -0.2) is 9.37 Å². The van der Waals surface area contributed by atoms with Gasteiger partial charge in [0.2, 0.25) is 5.91 Å². The molecule has 9 heteroatoms. The Kier molecular flexibility index (Phi) is 6.08. The summed E-state index contributed by atoms with van der Waals surface area (Å²) in [7, 11) is 0. The number of carboxylic acids is 1. The summed E-state index contributed by atoms with van der Waals surface area (Å²) in [4.78, 5) is 45.8. The van der Waals surface area contributed by atoms with Gasteiger partial charge in [-0.1, -0.05) is 20.8 Å². The molecule has 8 nitrogen and oxygen atoms in total. The molecule has 2 aromatic heterocycles. The third-order valence-corrected chi connectivity index (χ3v) is 7.52. The van der Waals surface area contributed by atoms with Gasteiger partial charge in [0.15, 0.2) is 11.3 Å². The molecule has 1 N–H and O–H groups in total. The second-order valence-electron chi connectivity index (χ2n) is 12.0. The van der Waals surface area contributed by atoms with E-state index >= 15 is 0 Å². The lowest BCUT2D eigenvalue weighted by Crippen LogP contribution is -2.62. The molecule has 1 saturated carbocycles. The maximum atomic E-state index is 13.7. The van der Waals surface area contributed by atoms with E-state index in [4.69, 9.17) is 9.40 Å². The van der Waals surface area contributed by atoms with Crippen LogP contribution in [0.25, 0.3) is 22.4 Å². The molecule has 1 aliphatic carbocycles. The van der Waals surface area contributed by atoms with Gasteiger partial charge in [0.1, 0.15) is 11.3 Å². The van der Waals surface area contributed by atoms with Crippen molar-refractivity contribution in [1.29, 1.82) is 0 Å². The smallest absolute Gasteiger partial charge is 0.307 e. The van der Waals surface area contributed by atoms with E-state index in [-0.39, 0.29) is 28.8 Å². The summed E-state index contributed by atoms with van der Waals surface area (Å²) >= 11 is 0. The number of aromatic nitrogens is 1. The van der Waals surface area contributed by atoms with Gasteiger partial charge in [-0.2, -0.15) is 0 Å². The molecule has 3 aromatic rings. The molecular formula is C29H32FN3O5. The predicted octanol–water partition coefficient (Wildman–Crippen LogP) is 4.72. The summed E-state index contributed by atoms with van der Waals surface area (Å²) in [6.07, 6.45) is 0.371. The second kappa shape index (κ2) is 8.92. The standard InChI is InChI=1S/C29H32FN3O5/c1-28(2,3)20-13-21(16-6-8-17(30)9-7-16)31-22-14-23(38-24(20)22)26(35)33-11-10-32(15-29(33,4)5)25(34)18-12-19(18)27(36)37/h6-9,13-14,18-19H,10-12,15H2,1-5H3,(H,36,37)/t18-,19-/m0/s1.